The Labute approximate surface area is 112 Å². The summed E-state index contributed by atoms with van der Waals surface area (Å²) in [5.74, 6) is 0.848. The molecule has 2 nitrogen and oxygen atoms in total. The fraction of sp³-hybridized carbons (Fsp3) is 0.200. The molecule has 0 aliphatic rings. The molecule has 1 N–H and O–H groups in total. The minimum atomic E-state index is 0.0164. The highest BCUT2D eigenvalue weighted by atomic mass is 35.5. The van der Waals surface area contributed by atoms with Crippen LogP contribution in [0.5, 0.6) is 5.75 Å². The second-order valence-electron chi connectivity index (χ2n) is 4.11. The molecule has 2 aromatic rings. The zero-order valence-electron chi connectivity index (χ0n) is 10.2. The topological polar surface area (TPSA) is 29.5 Å². The molecule has 0 spiro atoms. The van der Waals surface area contributed by atoms with Crippen molar-refractivity contribution >= 4 is 11.6 Å². The summed E-state index contributed by atoms with van der Waals surface area (Å²) >= 11 is 6.18. The van der Waals surface area contributed by atoms with Crippen molar-refractivity contribution in [2.75, 3.05) is 7.11 Å². The van der Waals surface area contributed by atoms with Crippen molar-refractivity contribution in [3.8, 4) is 5.75 Å². The van der Waals surface area contributed by atoms with E-state index in [0.717, 1.165) is 23.3 Å². The third kappa shape index (κ3) is 3.03. The van der Waals surface area contributed by atoms with E-state index in [4.69, 9.17) is 21.4 Å². The van der Waals surface area contributed by atoms with Crippen LogP contribution in [-0.4, -0.2) is 12.2 Å². The Morgan fingerprint density at radius 3 is 2.28 bits per heavy atom. The monoisotopic (exact) mass is 262 g/mol. The Morgan fingerprint density at radius 1 is 1.06 bits per heavy atom. The minimum Gasteiger partial charge on any atom is -0.497 e. The molecule has 3 heteroatoms. The third-order valence-electron chi connectivity index (χ3n) is 2.85. The van der Waals surface area contributed by atoms with Crippen LogP contribution in [0.2, 0.25) is 5.02 Å². The molecule has 94 valence electrons. The van der Waals surface area contributed by atoms with Gasteiger partial charge in [-0.3, -0.25) is 0 Å². The van der Waals surface area contributed by atoms with E-state index in [0.29, 0.717) is 5.02 Å². The molecular weight excluding hydrogens is 248 g/mol. The van der Waals surface area contributed by atoms with Gasteiger partial charge in [-0.1, -0.05) is 35.9 Å². The number of methoxy groups -OCH3 is 1. The number of hydrogen-bond acceptors (Lipinski definition) is 2. The van der Waals surface area contributed by atoms with Gasteiger partial charge in [0, 0.05) is 5.02 Å². The van der Waals surface area contributed by atoms with E-state index < -0.39 is 0 Å². The summed E-state index contributed by atoms with van der Waals surface area (Å²) in [5.41, 5.74) is 3.06. The number of aliphatic hydroxyl groups excluding tert-OH is 1. The minimum absolute atomic E-state index is 0.0164. The molecule has 0 aliphatic heterocycles. The summed E-state index contributed by atoms with van der Waals surface area (Å²) in [4.78, 5) is 0. The maximum absolute atomic E-state index is 9.03. The molecule has 0 fully saturated rings. The van der Waals surface area contributed by atoms with Crippen LogP contribution in [-0.2, 0) is 13.0 Å². The van der Waals surface area contributed by atoms with Crippen molar-refractivity contribution in [1.29, 1.82) is 0 Å². The zero-order valence-corrected chi connectivity index (χ0v) is 10.9. The quantitative estimate of drug-likeness (QED) is 0.915. The molecule has 0 saturated carbocycles. The Bertz CT molecular complexity index is 521. The average molecular weight is 263 g/mol. The summed E-state index contributed by atoms with van der Waals surface area (Å²) in [6, 6.07) is 13.6. The Morgan fingerprint density at radius 2 is 1.72 bits per heavy atom. The van der Waals surface area contributed by atoms with Crippen LogP contribution in [0.3, 0.4) is 0 Å². The number of rotatable bonds is 4. The number of hydrogen-bond donors (Lipinski definition) is 1. The van der Waals surface area contributed by atoms with Crippen LogP contribution >= 0.6 is 11.6 Å². The van der Waals surface area contributed by atoms with Gasteiger partial charge in [0.1, 0.15) is 5.75 Å². The van der Waals surface area contributed by atoms with Crippen LogP contribution in [0.4, 0.5) is 0 Å². The van der Waals surface area contributed by atoms with E-state index in [1.165, 1.54) is 5.56 Å². The van der Waals surface area contributed by atoms with Crippen LogP contribution < -0.4 is 4.74 Å². The number of halogens is 1. The summed E-state index contributed by atoms with van der Waals surface area (Å²) in [6.07, 6.45) is 0.772. The van der Waals surface area contributed by atoms with Crippen LogP contribution in [0.25, 0.3) is 0 Å². The lowest BCUT2D eigenvalue weighted by atomic mass is 10.0. The first-order valence-corrected chi connectivity index (χ1v) is 6.12. The second kappa shape index (κ2) is 5.89. The van der Waals surface area contributed by atoms with E-state index in [2.05, 4.69) is 0 Å². The third-order valence-corrected chi connectivity index (χ3v) is 3.21. The lowest BCUT2D eigenvalue weighted by molar-refractivity contribution is 0.282. The molecule has 0 aromatic heterocycles. The molecule has 0 radical (unpaired) electrons. The second-order valence-corrected chi connectivity index (χ2v) is 4.52. The predicted octanol–water partition coefficient (Wildman–Crippen LogP) is 3.43. The van der Waals surface area contributed by atoms with Crippen LogP contribution in [0, 0.1) is 0 Å². The fourth-order valence-corrected chi connectivity index (χ4v) is 2.07. The molecular formula is C15H15ClO2. The van der Waals surface area contributed by atoms with Gasteiger partial charge in [0.2, 0.25) is 0 Å². The van der Waals surface area contributed by atoms with Gasteiger partial charge < -0.3 is 9.84 Å². The first kappa shape index (κ1) is 12.9. The Hall–Kier alpha value is -1.51. The van der Waals surface area contributed by atoms with Crippen molar-refractivity contribution in [2.45, 2.75) is 13.0 Å². The molecule has 18 heavy (non-hydrogen) atoms. The standard InChI is InChI=1S/C15H15ClO2/c1-18-14-6-3-11(4-7-14)8-13-5-2-12(10-17)9-15(13)16/h2-7,9,17H,8,10H2,1H3. The molecule has 0 unspecified atom stereocenters. The smallest absolute Gasteiger partial charge is 0.118 e. The van der Waals surface area contributed by atoms with Crippen LogP contribution in [0.1, 0.15) is 16.7 Å². The Kier molecular flexibility index (Phi) is 4.24. The van der Waals surface area contributed by atoms with E-state index in [-0.39, 0.29) is 6.61 Å². The summed E-state index contributed by atoms with van der Waals surface area (Å²) in [5, 5.41) is 9.72. The number of ether oxygens (including phenoxy) is 1. The van der Waals surface area contributed by atoms with Gasteiger partial charge in [-0.05, 0) is 41.3 Å². The first-order valence-electron chi connectivity index (χ1n) is 5.74. The highest BCUT2D eigenvalue weighted by Crippen LogP contribution is 2.22. The van der Waals surface area contributed by atoms with Gasteiger partial charge in [0.25, 0.3) is 0 Å². The zero-order chi connectivity index (χ0) is 13.0. The highest BCUT2D eigenvalue weighted by Gasteiger charge is 2.03. The molecule has 0 amide bonds. The molecule has 0 aliphatic carbocycles. The van der Waals surface area contributed by atoms with Gasteiger partial charge in [-0.25, -0.2) is 0 Å². The molecule has 0 saturated heterocycles. The van der Waals surface area contributed by atoms with Crippen molar-refractivity contribution in [2.24, 2.45) is 0 Å². The van der Waals surface area contributed by atoms with Crippen molar-refractivity contribution < 1.29 is 9.84 Å². The normalized spacial score (nSPS) is 10.4. The SMILES string of the molecule is COc1ccc(Cc2ccc(CO)cc2Cl)cc1. The van der Waals surface area contributed by atoms with Gasteiger partial charge >= 0.3 is 0 Å². The molecule has 2 aromatic carbocycles. The highest BCUT2D eigenvalue weighted by molar-refractivity contribution is 6.31. The van der Waals surface area contributed by atoms with Crippen molar-refractivity contribution in [3.05, 3.63) is 64.2 Å². The van der Waals surface area contributed by atoms with Gasteiger partial charge in [-0.15, -0.1) is 0 Å². The van der Waals surface area contributed by atoms with Crippen molar-refractivity contribution in [3.63, 3.8) is 0 Å². The number of benzene rings is 2. The largest absolute Gasteiger partial charge is 0.497 e. The summed E-state index contributed by atoms with van der Waals surface area (Å²) in [6.45, 7) is 0.0164. The summed E-state index contributed by atoms with van der Waals surface area (Å²) in [7, 11) is 1.65. The predicted molar refractivity (Wildman–Crippen MR) is 73.2 cm³/mol. The molecule has 0 atom stereocenters. The fourth-order valence-electron chi connectivity index (χ4n) is 1.80. The Balaban J connectivity index is 2.17. The van der Waals surface area contributed by atoms with Gasteiger partial charge in [0.15, 0.2) is 0 Å². The number of aliphatic hydroxyl groups is 1. The average Bonchev–Trinajstić information content (AvgIpc) is 2.42. The van der Waals surface area contributed by atoms with E-state index in [1.54, 1.807) is 13.2 Å². The van der Waals surface area contributed by atoms with Gasteiger partial charge in [-0.2, -0.15) is 0 Å². The molecule has 2 rings (SSSR count). The van der Waals surface area contributed by atoms with Gasteiger partial charge in [0.05, 0.1) is 13.7 Å². The van der Waals surface area contributed by atoms with Crippen LogP contribution in [0.15, 0.2) is 42.5 Å². The maximum Gasteiger partial charge on any atom is 0.118 e. The first-order chi connectivity index (χ1) is 8.72. The lowest BCUT2D eigenvalue weighted by Crippen LogP contribution is -1.92. The molecule has 0 bridgehead atoms. The van der Waals surface area contributed by atoms with Crippen molar-refractivity contribution in [1.82, 2.24) is 0 Å². The van der Waals surface area contributed by atoms with E-state index >= 15 is 0 Å². The lowest BCUT2D eigenvalue weighted by Gasteiger charge is -2.07. The van der Waals surface area contributed by atoms with E-state index in [1.807, 2.05) is 36.4 Å². The van der Waals surface area contributed by atoms with E-state index in [9.17, 15) is 0 Å². The molecule has 0 heterocycles. The maximum atomic E-state index is 9.03. The summed E-state index contributed by atoms with van der Waals surface area (Å²) < 4.78 is 5.12.